The number of hydrogen-bond acceptors (Lipinski definition) is 5. The summed E-state index contributed by atoms with van der Waals surface area (Å²) in [5.41, 5.74) is 2.47. The van der Waals surface area contributed by atoms with Crippen molar-refractivity contribution >= 4 is 39.8 Å². The van der Waals surface area contributed by atoms with E-state index < -0.39 is 5.60 Å². The standard InChI is InChI=1S/C19H20ClN3O3/c1-19(2,3)26-18(24)23-7-6-11(9-23)15-17-16(22-10-21-15)13-8-12(20)4-5-14(13)25-17/h4-5,8,10-11H,6-7,9H2,1-3H3. The fraction of sp³-hybridized carbons (Fsp3) is 0.421. The lowest BCUT2D eigenvalue weighted by Gasteiger charge is -2.24. The lowest BCUT2D eigenvalue weighted by molar-refractivity contribution is 0.0292. The molecule has 1 aromatic carbocycles. The molecular formula is C19H20ClN3O3. The molecule has 1 saturated heterocycles. The number of halogens is 1. The molecule has 0 N–H and O–H groups in total. The lowest BCUT2D eigenvalue weighted by Crippen LogP contribution is -2.35. The number of likely N-dealkylation sites (tertiary alicyclic amines) is 1. The van der Waals surface area contributed by atoms with Crippen LogP contribution in [0.15, 0.2) is 28.9 Å². The van der Waals surface area contributed by atoms with Crippen molar-refractivity contribution in [2.75, 3.05) is 13.1 Å². The predicted molar refractivity (Wildman–Crippen MR) is 99.5 cm³/mol. The van der Waals surface area contributed by atoms with E-state index >= 15 is 0 Å². The Hall–Kier alpha value is -2.34. The summed E-state index contributed by atoms with van der Waals surface area (Å²) >= 11 is 6.11. The van der Waals surface area contributed by atoms with Gasteiger partial charge in [0.25, 0.3) is 0 Å². The Labute approximate surface area is 156 Å². The molecule has 2 aromatic heterocycles. The second-order valence-corrected chi connectivity index (χ2v) is 8.03. The highest BCUT2D eigenvalue weighted by Gasteiger charge is 2.33. The molecule has 1 aliphatic heterocycles. The Morgan fingerprint density at radius 3 is 2.92 bits per heavy atom. The van der Waals surface area contributed by atoms with Crippen LogP contribution < -0.4 is 0 Å². The minimum absolute atomic E-state index is 0.0871. The fourth-order valence-corrected chi connectivity index (χ4v) is 3.50. The normalized spacial score (nSPS) is 18.0. The third-order valence-corrected chi connectivity index (χ3v) is 4.70. The van der Waals surface area contributed by atoms with Crippen LogP contribution in [-0.2, 0) is 4.74 Å². The zero-order valence-electron chi connectivity index (χ0n) is 15.0. The lowest BCUT2D eigenvalue weighted by atomic mass is 10.0. The van der Waals surface area contributed by atoms with E-state index in [0.717, 1.165) is 28.6 Å². The van der Waals surface area contributed by atoms with E-state index in [1.54, 1.807) is 17.3 Å². The van der Waals surface area contributed by atoms with Gasteiger partial charge in [-0.2, -0.15) is 0 Å². The minimum Gasteiger partial charge on any atom is -0.452 e. The number of carbonyl (C=O) groups excluding carboxylic acids is 1. The largest absolute Gasteiger partial charge is 0.452 e. The number of aromatic nitrogens is 2. The predicted octanol–water partition coefficient (Wildman–Crippen LogP) is 4.75. The quantitative estimate of drug-likeness (QED) is 0.615. The first-order chi connectivity index (χ1) is 12.3. The average molecular weight is 374 g/mol. The van der Waals surface area contributed by atoms with E-state index in [1.165, 1.54) is 0 Å². The molecule has 3 heterocycles. The smallest absolute Gasteiger partial charge is 0.410 e. The maximum atomic E-state index is 12.3. The molecule has 1 fully saturated rings. The first-order valence-corrected chi connectivity index (χ1v) is 9.00. The molecule has 7 heteroatoms. The summed E-state index contributed by atoms with van der Waals surface area (Å²) in [7, 11) is 0. The van der Waals surface area contributed by atoms with Crippen molar-refractivity contribution in [3.05, 3.63) is 35.2 Å². The molecule has 3 aromatic rings. The molecule has 0 radical (unpaired) electrons. The number of benzene rings is 1. The number of furan rings is 1. The van der Waals surface area contributed by atoms with Gasteiger partial charge in [-0.15, -0.1) is 0 Å². The van der Waals surface area contributed by atoms with Crippen molar-refractivity contribution in [2.24, 2.45) is 0 Å². The molecular weight excluding hydrogens is 354 g/mol. The molecule has 0 aliphatic carbocycles. The summed E-state index contributed by atoms with van der Waals surface area (Å²) in [4.78, 5) is 22.9. The van der Waals surface area contributed by atoms with Crippen molar-refractivity contribution in [3.63, 3.8) is 0 Å². The van der Waals surface area contributed by atoms with Gasteiger partial charge in [-0.3, -0.25) is 0 Å². The first kappa shape index (κ1) is 17.1. The van der Waals surface area contributed by atoms with Crippen LogP contribution in [0.2, 0.25) is 5.02 Å². The Kier molecular flexibility index (Phi) is 4.03. The summed E-state index contributed by atoms with van der Waals surface area (Å²) in [6.07, 6.45) is 2.06. The molecule has 26 heavy (non-hydrogen) atoms. The fourth-order valence-electron chi connectivity index (χ4n) is 3.33. The van der Waals surface area contributed by atoms with E-state index in [2.05, 4.69) is 9.97 Å². The Balaban J connectivity index is 1.65. The zero-order chi connectivity index (χ0) is 18.5. The summed E-state index contributed by atoms with van der Waals surface area (Å²) in [6, 6.07) is 5.48. The van der Waals surface area contributed by atoms with Gasteiger partial charge in [0.1, 0.15) is 23.0 Å². The molecule has 4 rings (SSSR count). The Morgan fingerprint density at radius 2 is 2.15 bits per heavy atom. The van der Waals surface area contributed by atoms with Crippen LogP contribution in [0.25, 0.3) is 22.1 Å². The summed E-state index contributed by atoms with van der Waals surface area (Å²) in [5, 5.41) is 1.51. The van der Waals surface area contributed by atoms with Crippen molar-refractivity contribution < 1.29 is 13.9 Å². The topological polar surface area (TPSA) is 68.5 Å². The molecule has 1 aliphatic rings. The molecule has 6 nitrogen and oxygen atoms in total. The Bertz CT molecular complexity index is 993. The van der Waals surface area contributed by atoms with Gasteiger partial charge in [0.15, 0.2) is 5.58 Å². The summed E-state index contributed by atoms with van der Waals surface area (Å²) < 4.78 is 11.5. The van der Waals surface area contributed by atoms with Gasteiger partial charge in [-0.1, -0.05) is 11.6 Å². The van der Waals surface area contributed by atoms with E-state index in [-0.39, 0.29) is 12.0 Å². The van der Waals surface area contributed by atoms with Crippen molar-refractivity contribution in [1.82, 2.24) is 14.9 Å². The van der Waals surface area contributed by atoms with Gasteiger partial charge >= 0.3 is 6.09 Å². The van der Waals surface area contributed by atoms with Crippen LogP contribution in [-0.4, -0.2) is 39.7 Å². The van der Waals surface area contributed by atoms with E-state index in [9.17, 15) is 4.79 Å². The van der Waals surface area contributed by atoms with Gasteiger partial charge in [-0.05, 0) is 45.4 Å². The Morgan fingerprint density at radius 1 is 1.35 bits per heavy atom. The molecule has 1 amide bonds. The monoisotopic (exact) mass is 373 g/mol. The first-order valence-electron chi connectivity index (χ1n) is 8.62. The number of nitrogens with zero attached hydrogens (tertiary/aromatic N) is 3. The van der Waals surface area contributed by atoms with Crippen LogP contribution in [0.4, 0.5) is 4.79 Å². The van der Waals surface area contributed by atoms with Crippen molar-refractivity contribution in [3.8, 4) is 0 Å². The number of hydrogen-bond donors (Lipinski definition) is 0. The van der Waals surface area contributed by atoms with Crippen molar-refractivity contribution in [2.45, 2.75) is 38.7 Å². The third kappa shape index (κ3) is 3.09. The number of ether oxygens (including phenoxy) is 1. The van der Waals surface area contributed by atoms with Crippen LogP contribution in [0.5, 0.6) is 0 Å². The number of amides is 1. The van der Waals surface area contributed by atoms with Crippen LogP contribution >= 0.6 is 11.6 Å². The van der Waals surface area contributed by atoms with Crippen LogP contribution in [0, 0.1) is 0 Å². The SMILES string of the molecule is CC(C)(C)OC(=O)N1CCC(c2ncnc3c2oc2ccc(Cl)cc23)C1. The third-order valence-electron chi connectivity index (χ3n) is 4.47. The molecule has 136 valence electrons. The average Bonchev–Trinajstić information content (AvgIpc) is 3.17. The number of fused-ring (bicyclic) bond motifs is 3. The van der Waals surface area contributed by atoms with Crippen LogP contribution in [0.1, 0.15) is 38.8 Å². The maximum absolute atomic E-state index is 12.3. The van der Waals surface area contributed by atoms with Crippen molar-refractivity contribution in [1.29, 1.82) is 0 Å². The molecule has 1 atom stereocenters. The highest BCUT2D eigenvalue weighted by Crippen LogP contribution is 2.36. The minimum atomic E-state index is -0.505. The highest BCUT2D eigenvalue weighted by atomic mass is 35.5. The highest BCUT2D eigenvalue weighted by molar-refractivity contribution is 6.31. The maximum Gasteiger partial charge on any atom is 0.410 e. The number of carbonyl (C=O) groups is 1. The van der Waals surface area contributed by atoms with Crippen LogP contribution in [0.3, 0.4) is 0 Å². The van der Waals surface area contributed by atoms with Gasteiger partial charge < -0.3 is 14.1 Å². The van der Waals surface area contributed by atoms with E-state index in [0.29, 0.717) is 23.7 Å². The van der Waals surface area contributed by atoms with E-state index in [1.807, 2.05) is 32.9 Å². The second-order valence-electron chi connectivity index (χ2n) is 7.59. The molecule has 0 bridgehead atoms. The summed E-state index contributed by atoms with van der Waals surface area (Å²) in [6.45, 7) is 6.79. The molecule has 0 spiro atoms. The molecule has 1 unspecified atom stereocenters. The van der Waals surface area contributed by atoms with Gasteiger partial charge in [0.2, 0.25) is 0 Å². The number of rotatable bonds is 1. The second kappa shape index (κ2) is 6.13. The van der Waals surface area contributed by atoms with E-state index in [4.69, 9.17) is 20.8 Å². The zero-order valence-corrected chi connectivity index (χ0v) is 15.7. The summed E-state index contributed by atoms with van der Waals surface area (Å²) in [5.74, 6) is 0.0871. The van der Waals surface area contributed by atoms with Gasteiger partial charge in [-0.25, -0.2) is 14.8 Å². The van der Waals surface area contributed by atoms with Gasteiger partial charge in [0.05, 0.1) is 5.69 Å². The van der Waals surface area contributed by atoms with Gasteiger partial charge in [0, 0.05) is 29.4 Å². The molecule has 0 saturated carbocycles.